The van der Waals surface area contributed by atoms with Crippen LogP contribution in [0.1, 0.15) is 47.2 Å². The van der Waals surface area contributed by atoms with Crippen molar-refractivity contribution in [3.05, 3.63) is 65.5 Å². The van der Waals surface area contributed by atoms with Crippen molar-refractivity contribution in [1.29, 1.82) is 0 Å². The summed E-state index contributed by atoms with van der Waals surface area (Å²) < 4.78 is 5.92. The summed E-state index contributed by atoms with van der Waals surface area (Å²) in [5.41, 5.74) is 2.57. The highest BCUT2D eigenvalue weighted by atomic mass is 16.5. The first-order chi connectivity index (χ1) is 16.4. The Morgan fingerprint density at radius 2 is 1.79 bits per heavy atom. The molecule has 1 fully saturated rings. The first kappa shape index (κ1) is 23.5. The van der Waals surface area contributed by atoms with Crippen LogP contribution < -0.4 is 20.3 Å². The van der Waals surface area contributed by atoms with Crippen LogP contribution in [0.15, 0.2) is 48.8 Å². The molecule has 4 rings (SSSR count). The van der Waals surface area contributed by atoms with Crippen LogP contribution in [-0.2, 0) is 0 Å². The summed E-state index contributed by atoms with van der Waals surface area (Å²) in [6.45, 7) is 4.00. The third kappa shape index (κ3) is 5.81. The molecular weight excluding hydrogens is 428 g/mol. The average Bonchev–Trinajstić information content (AvgIpc) is 2.82. The van der Waals surface area contributed by atoms with Gasteiger partial charge in [0.2, 0.25) is 11.8 Å². The molecule has 0 spiro atoms. The van der Waals surface area contributed by atoms with Crippen LogP contribution in [-0.4, -0.2) is 47.0 Å². The Kier molecular flexibility index (Phi) is 7.25. The normalized spacial score (nSPS) is 17.6. The first-order valence-corrected chi connectivity index (χ1v) is 11.7. The van der Waals surface area contributed by atoms with Gasteiger partial charge in [0.15, 0.2) is 0 Å². The molecule has 2 N–H and O–H groups in total. The predicted molar refractivity (Wildman–Crippen MR) is 134 cm³/mol. The monoisotopic (exact) mass is 460 g/mol. The molecule has 1 aromatic carbocycles. The summed E-state index contributed by atoms with van der Waals surface area (Å²) >= 11 is 0. The van der Waals surface area contributed by atoms with Crippen molar-refractivity contribution in [1.82, 2.24) is 20.3 Å². The maximum atomic E-state index is 13.0. The van der Waals surface area contributed by atoms with Gasteiger partial charge in [-0.3, -0.25) is 4.79 Å². The smallest absolute Gasteiger partial charge is 0.257 e. The van der Waals surface area contributed by atoms with Gasteiger partial charge in [-0.05, 0) is 69.4 Å². The van der Waals surface area contributed by atoms with Crippen molar-refractivity contribution in [2.75, 3.05) is 24.3 Å². The fourth-order valence-corrected chi connectivity index (χ4v) is 4.22. The minimum atomic E-state index is -0.162. The highest BCUT2D eigenvalue weighted by Crippen LogP contribution is 2.26. The van der Waals surface area contributed by atoms with E-state index in [0.717, 1.165) is 42.6 Å². The summed E-state index contributed by atoms with van der Waals surface area (Å²) in [4.78, 5) is 28.4. The van der Waals surface area contributed by atoms with E-state index in [9.17, 15) is 4.79 Å². The lowest BCUT2D eigenvalue weighted by Crippen LogP contribution is -2.40. The number of hydrogen-bond acceptors (Lipinski definition) is 7. The minimum absolute atomic E-state index is 0.105. The Morgan fingerprint density at radius 1 is 1.03 bits per heavy atom. The van der Waals surface area contributed by atoms with E-state index in [-0.39, 0.29) is 18.0 Å². The van der Waals surface area contributed by atoms with E-state index in [2.05, 4.69) is 25.6 Å². The number of carbonyl (C=O) groups excluding carboxylic acids is 1. The molecule has 0 aliphatic heterocycles. The van der Waals surface area contributed by atoms with Crippen molar-refractivity contribution < 1.29 is 9.53 Å². The van der Waals surface area contributed by atoms with E-state index >= 15 is 0 Å². The second-order valence-electron chi connectivity index (χ2n) is 9.04. The van der Waals surface area contributed by atoms with Crippen molar-refractivity contribution >= 4 is 17.7 Å². The van der Waals surface area contributed by atoms with E-state index in [1.54, 1.807) is 18.3 Å². The summed E-state index contributed by atoms with van der Waals surface area (Å²) in [5, 5.41) is 6.62. The van der Waals surface area contributed by atoms with Gasteiger partial charge in [-0.1, -0.05) is 12.1 Å². The van der Waals surface area contributed by atoms with Gasteiger partial charge in [0, 0.05) is 44.1 Å². The topological polar surface area (TPSA) is 92.3 Å². The third-order valence-corrected chi connectivity index (χ3v) is 5.98. The molecule has 3 aromatic rings. The Labute approximate surface area is 200 Å². The quantitative estimate of drug-likeness (QED) is 0.536. The maximum Gasteiger partial charge on any atom is 0.257 e. The van der Waals surface area contributed by atoms with E-state index in [4.69, 9.17) is 4.74 Å². The molecule has 1 amide bonds. The van der Waals surface area contributed by atoms with Gasteiger partial charge in [0.25, 0.3) is 5.91 Å². The number of anilines is 2. The lowest BCUT2D eigenvalue weighted by molar-refractivity contribution is 0.0923. The molecule has 1 aliphatic rings. The second-order valence-corrected chi connectivity index (χ2v) is 9.04. The zero-order chi connectivity index (χ0) is 24.1. The van der Waals surface area contributed by atoms with Gasteiger partial charge in [-0.15, -0.1) is 0 Å². The summed E-state index contributed by atoms with van der Waals surface area (Å²) in [6.07, 6.45) is 7.10. The van der Waals surface area contributed by atoms with Crippen LogP contribution in [0.25, 0.3) is 0 Å². The maximum absolute atomic E-state index is 13.0. The van der Waals surface area contributed by atoms with Gasteiger partial charge in [0.1, 0.15) is 17.1 Å². The highest BCUT2D eigenvalue weighted by Gasteiger charge is 2.25. The number of aromatic nitrogens is 3. The van der Waals surface area contributed by atoms with Crippen LogP contribution in [0.5, 0.6) is 11.6 Å². The lowest BCUT2D eigenvalue weighted by atomic mass is 9.91. The van der Waals surface area contributed by atoms with Gasteiger partial charge in [-0.25, -0.2) is 9.97 Å². The predicted octanol–water partition coefficient (Wildman–Crippen LogP) is 4.50. The largest absolute Gasteiger partial charge is 0.438 e. The molecule has 1 saturated carbocycles. The Bertz CT molecular complexity index is 1140. The zero-order valence-corrected chi connectivity index (χ0v) is 20.2. The lowest BCUT2D eigenvalue weighted by Gasteiger charge is -2.30. The molecule has 0 radical (unpaired) electrons. The summed E-state index contributed by atoms with van der Waals surface area (Å²) in [6, 6.07) is 11.6. The van der Waals surface area contributed by atoms with E-state index in [1.807, 2.05) is 63.3 Å². The number of ether oxygens (including phenoxy) is 1. The number of carbonyl (C=O) groups is 1. The number of amides is 1. The number of nitrogens with zero attached hydrogens (tertiary/aromatic N) is 4. The number of aryl methyl sites for hydroxylation is 2. The summed E-state index contributed by atoms with van der Waals surface area (Å²) in [5.74, 6) is 2.38. The molecule has 0 unspecified atom stereocenters. The number of nitrogens with one attached hydrogen (secondary N) is 2. The van der Waals surface area contributed by atoms with Gasteiger partial charge in [-0.2, -0.15) is 4.98 Å². The molecular formula is C26H32N6O2. The van der Waals surface area contributed by atoms with Crippen LogP contribution in [0, 0.1) is 13.8 Å². The molecule has 8 nitrogen and oxygen atoms in total. The SMILES string of the molecule is Cc1cccc(Oc2ncccc2C(=O)NC2CCC(Nc3ncc(C)c(N(C)C)n3)CC2)c1. The number of rotatable bonds is 7. The van der Waals surface area contributed by atoms with Gasteiger partial charge < -0.3 is 20.3 Å². The van der Waals surface area contributed by atoms with Crippen LogP contribution in [0.4, 0.5) is 11.8 Å². The van der Waals surface area contributed by atoms with Crippen molar-refractivity contribution in [2.24, 2.45) is 0 Å². The van der Waals surface area contributed by atoms with Gasteiger partial charge in [0.05, 0.1) is 0 Å². The first-order valence-electron chi connectivity index (χ1n) is 11.7. The van der Waals surface area contributed by atoms with E-state index < -0.39 is 0 Å². The Balaban J connectivity index is 1.33. The molecule has 8 heteroatoms. The van der Waals surface area contributed by atoms with E-state index in [1.165, 1.54) is 0 Å². The third-order valence-electron chi connectivity index (χ3n) is 5.98. The standard InChI is InChI=1S/C26H32N6O2/c1-17-7-5-8-21(15-17)34-25-22(9-6-14-27-25)24(33)29-19-10-12-20(13-11-19)30-26-28-16-18(2)23(31-26)32(3)4/h5-9,14-16,19-20H,10-13H2,1-4H3,(H,29,33)(H,28,30,31). The molecule has 0 atom stereocenters. The van der Waals surface area contributed by atoms with Crippen LogP contribution in [0.3, 0.4) is 0 Å². The molecule has 178 valence electrons. The average molecular weight is 461 g/mol. The van der Waals surface area contributed by atoms with Crippen molar-refractivity contribution in [3.8, 4) is 11.6 Å². The van der Waals surface area contributed by atoms with E-state index in [0.29, 0.717) is 23.1 Å². The number of hydrogen-bond donors (Lipinski definition) is 2. The molecule has 2 heterocycles. The van der Waals surface area contributed by atoms with Crippen molar-refractivity contribution in [3.63, 3.8) is 0 Å². The van der Waals surface area contributed by atoms with Crippen molar-refractivity contribution in [2.45, 2.75) is 51.6 Å². The fraction of sp³-hybridized carbons (Fsp3) is 0.385. The minimum Gasteiger partial charge on any atom is -0.438 e. The zero-order valence-electron chi connectivity index (χ0n) is 20.2. The highest BCUT2D eigenvalue weighted by molar-refractivity contribution is 5.96. The second kappa shape index (κ2) is 10.5. The van der Waals surface area contributed by atoms with Gasteiger partial charge >= 0.3 is 0 Å². The molecule has 0 bridgehead atoms. The van der Waals surface area contributed by atoms with Crippen LogP contribution in [0.2, 0.25) is 0 Å². The fourth-order valence-electron chi connectivity index (χ4n) is 4.22. The molecule has 1 aliphatic carbocycles. The molecule has 0 saturated heterocycles. The molecule has 2 aromatic heterocycles. The molecule has 34 heavy (non-hydrogen) atoms. The Morgan fingerprint density at radius 3 is 2.53 bits per heavy atom. The Hall–Kier alpha value is -3.68. The van der Waals surface area contributed by atoms with Crippen LogP contribution >= 0.6 is 0 Å². The number of benzene rings is 1. The number of pyridine rings is 1. The summed E-state index contributed by atoms with van der Waals surface area (Å²) in [7, 11) is 3.96.